The minimum Gasteiger partial charge on any atom is -0.354 e. The molecule has 2 aromatic carbocycles. The average molecular weight is 372 g/mol. The lowest BCUT2D eigenvalue weighted by atomic mass is 10.1. The van der Waals surface area contributed by atoms with Gasteiger partial charge >= 0.3 is 0 Å². The number of anilines is 2. The highest BCUT2D eigenvalue weighted by Crippen LogP contribution is 2.32. The fraction of sp³-hybridized carbons (Fsp3) is 0.261. The van der Waals surface area contributed by atoms with E-state index in [2.05, 4.69) is 52.5 Å². The van der Waals surface area contributed by atoms with Crippen molar-refractivity contribution in [3.8, 4) is 0 Å². The summed E-state index contributed by atoms with van der Waals surface area (Å²) >= 11 is 0. The molecule has 1 atom stereocenters. The number of aryl methyl sites for hydroxylation is 1. The van der Waals surface area contributed by atoms with E-state index in [-0.39, 0.29) is 11.9 Å². The molecular weight excluding hydrogens is 348 g/mol. The number of benzene rings is 2. The molecule has 5 nitrogen and oxygen atoms in total. The molecule has 0 spiro atoms. The molecule has 1 aliphatic heterocycles. The largest absolute Gasteiger partial charge is 0.354 e. The van der Waals surface area contributed by atoms with Crippen LogP contribution in [0.5, 0.6) is 0 Å². The zero-order valence-electron chi connectivity index (χ0n) is 16.0. The van der Waals surface area contributed by atoms with E-state index in [4.69, 9.17) is 0 Å². The van der Waals surface area contributed by atoms with Gasteiger partial charge in [-0.25, -0.2) is 9.97 Å². The highest BCUT2D eigenvalue weighted by Gasteiger charge is 2.31. The molecule has 2 heterocycles. The van der Waals surface area contributed by atoms with Crippen LogP contribution >= 0.6 is 0 Å². The second-order valence-corrected chi connectivity index (χ2v) is 7.17. The number of nitrogens with one attached hydrogen (secondary N) is 1. The van der Waals surface area contributed by atoms with Crippen molar-refractivity contribution in [1.82, 2.24) is 9.97 Å². The van der Waals surface area contributed by atoms with E-state index in [1.807, 2.05) is 29.2 Å². The Labute approximate surface area is 165 Å². The first-order valence-electron chi connectivity index (χ1n) is 9.73. The van der Waals surface area contributed by atoms with Crippen LogP contribution in [0.2, 0.25) is 0 Å². The van der Waals surface area contributed by atoms with Crippen molar-refractivity contribution in [2.45, 2.75) is 32.2 Å². The number of hydrogen-bond acceptors (Lipinski definition) is 4. The molecule has 1 amide bonds. The quantitative estimate of drug-likeness (QED) is 0.662. The Morgan fingerprint density at radius 1 is 1.07 bits per heavy atom. The van der Waals surface area contributed by atoms with Crippen molar-refractivity contribution >= 4 is 17.5 Å². The Morgan fingerprint density at radius 2 is 1.79 bits per heavy atom. The van der Waals surface area contributed by atoms with Crippen molar-refractivity contribution in [1.29, 1.82) is 0 Å². The lowest BCUT2D eigenvalue weighted by molar-refractivity contribution is 0.0981. The van der Waals surface area contributed by atoms with Gasteiger partial charge < -0.3 is 10.2 Å². The molecule has 0 aliphatic carbocycles. The minimum atomic E-state index is -0.0481. The van der Waals surface area contributed by atoms with E-state index in [1.54, 1.807) is 12.4 Å². The van der Waals surface area contributed by atoms with Gasteiger partial charge in [-0.05, 0) is 43.4 Å². The van der Waals surface area contributed by atoms with Crippen molar-refractivity contribution in [2.75, 3.05) is 16.8 Å². The van der Waals surface area contributed by atoms with E-state index < -0.39 is 0 Å². The van der Waals surface area contributed by atoms with Crippen molar-refractivity contribution in [3.05, 3.63) is 83.7 Å². The maximum absolute atomic E-state index is 13.0. The van der Waals surface area contributed by atoms with Crippen LogP contribution in [0.15, 0.2) is 67.0 Å². The Balaban J connectivity index is 1.35. The molecule has 28 heavy (non-hydrogen) atoms. The van der Waals surface area contributed by atoms with Crippen LogP contribution in [0.4, 0.5) is 11.6 Å². The van der Waals surface area contributed by atoms with E-state index in [1.165, 1.54) is 11.1 Å². The van der Waals surface area contributed by atoms with Crippen LogP contribution in [-0.2, 0) is 12.8 Å². The summed E-state index contributed by atoms with van der Waals surface area (Å²) in [5.74, 6) is 0.507. The van der Waals surface area contributed by atoms with Gasteiger partial charge in [0.1, 0.15) is 0 Å². The zero-order valence-corrected chi connectivity index (χ0v) is 16.0. The normalized spacial score (nSPS) is 15.3. The van der Waals surface area contributed by atoms with Crippen molar-refractivity contribution in [3.63, 3.8) is 0 Å². The Kier molecular flexibility index (Phi) is 5.33. The predicted molar refractivity (Wildman–Crippen MR) is 112 cm³/mol. The number of fused-ring (bicyclic) bond motifs is 1. The molecule has 1 unspecified atom stereocenters. The zero-order chi connectivity index (χ0) is 19.3. The molecular formula is C23H24N4O. The summed E-state index contributed by atoms with van der Waals surface area (Å²) in [6.07, 6.45) is 6.11. The predicted octanol–water partition coefficient (Wildman–Crippen LogP) is 4.11. The summed E-state index contributed by atoms with van der Waals surface area (Å²) < 4.78 is 0. The number of carbonyl (C=O) groups excluding carboxylic acids is 1. The minimum absolute atomic E-state index is 0.0481. The van der Waals surface area contributed by atoms with Crippen LogP contribution in [0.3, 0.4) is 0 Å². The molecule has 0 bridgehead atoms. The molecule has 5 heteroatoms. The number of rotatable bonds is 6. The first-order valence-corrected chi connectivity index (χ1v) is 9.73. The van der Waals surface area contributed by atoms with Gasteiger partial charge in [-0.3, -0.25) is 4.79 Å². The van der Waals surface area contributed by atoms with Gasteiger partial charge in [0.25, 0.3) is 5.91 Å². The molecule has 0 fully saturated rings. The molecule has 1 aliphatic rings. The molecule has 0 saturated heterocycles. The number of hydrogen-bond donors (Lipinski definition) is 1. The maximum atomic E-state index is 13.0. The number of nitrogens with zero attached hydrogens (tertiary/aromatic N) is 3. The summed E-state index contributed by atoms with van der Waals surface area (Å²) in [5, 5.41) is 3.23. The first-order chi connectivity index (χ1) is 13.7. The summed E-state index contributed by atoms with van der Waals surface area (Å²) in [5.41, 5.74) is 4.04. The van der Waals surface area contributed by atoms with Crippen LogP contribution < -0.4 is 10.2 Å². The molecule has 142 valence electrons. The van der Waals surface area contributed by atoms with Gasteiger partial charge in [0.05, 0.1) is 5.56 Å². The summed E-state index contributed by atoms with van der Waals surface area (Å²) in [6, 6.07) is 18.6. The number of amides is 1. The van der Waals surface area contributed by atoms with Gasteiger partial charge in [-0.1, -0.05) is 48.5 Å². The highest BCUT2D eigenvalue weighted by atomic mass is 16.2. The molecule has 4 rings (SSSR count). The lowest BCUT2D eigenvalue weighted by Gasteiger charge is -2.22. The van der Waals surface area contributed by atoms with Crippen LogP contribution in [0, 0.1) is 0 Å². The number of para-hydroxylation sites is 1. The molecule has 3 aromatic rings. The van der Waals surface area contributed by atoms with E-state index in [0.717, 1.165) is 31.5 Å². The second kappa shape index (κ2) is 8.21. The summed E-state index contributed by atoms with van der Waals surface area (Å²) in [7, 11) is 0. The number of carbonyl (C=O) groups is 1. The highest BCUT2D eigenvalue weighted by molar-refractivity contribution is 6.07. The lowest BCUT2D eigenvalue weighted by Crippen LogP contribution is -2.35. The Hall–Kier alpha value is -3.21. The molecule has 1 N–H and O–H groups in total. The molecule has 0 saturated carbocycles. The maximum Gasteiger partial charge on any atom is 0.261 e. The molecule has 0 radical (unpaired) electrons. The van der Waals surface area contributed by atoms with Gasteiger partial charge in [0.2, 0.25) is 5.95 Å². The summed E-state index contributed by atoms with van der Waals surface area (Å²) in [4.78, 5) is 23.5. The topological polar surface area (TPSA) is 58.1 Å². The monoisotopic (exact) mass is 372 g/mol. The standard InChI is InChI=1S/C23H24N4O/c1-17-14-19-11-5-6-12-21(19)27(17)22(28)20-15-25-23(26-16-20)24-13-7-10-18-8-3-2-4-9-18/h2-6,8-9,11-12,15-17H,7,10,13-14H2,1H3,(H,24,25,26). The van der Waals surface area contributed by atoms with Gasteiger partial charge in [-0.15, -0.1) is 0 Å². The Morgan fingerprint density at radius 3 is 2.57 bits per heavy atom. The number of aromatic nitrogens is 2. The average Bonchev–Trinajstić information content (AvgIpc) is 3.07. The fourth-order valence-electron chi connectivity index (χ4n) is 3.68. The third-order valence-electron chi connectivity index (χ3n) is 5.09. The third kappa shape index (κ3) is 3.88. The van der Waals surface area contributed by atoms with Crippen molar-refractivity contribution in [2.24, 2.45) is 0 Å². The Bertz CT molecular complexity index is 940. The van der Waals surface area contributed by atoms with Crippen LogP contribution in [-0.4, -0.2) is 28.5 Å². The van der Waals surface area contributed by atoms with Gasteiger partial charge in [0, 0.05) is 30.7 Å². The van der Waals surface area contributed by atoms with Gasteiger partial charge in [-0.2, -0.15) is 0 Å². The van der Waals surface area contributed by atoms with E-state index in [9.17, 15) is 4.79 Å². The van der Waals surface area contributed by atoms with Gasteiger partial charge in [0.15, 0.2) is 0 Å². The van der Waals surface area contributed by atoms with E-state index >= 15 is 0 Å². The van der Waals surface area contributed by atoms with Crippen LogP contribution in [0.1, 0.15) is 34.8 Å². The summed E-state index contributed by atoms with van der Waals surface area (Å²) in [6.45, 7) is 2.86. The first kappa shape index (κ1) is 18.2. The van der Waals surface area contributed by atoms with Crippen molar-refractivity contribution < 1.29 is 4.79 Å². The fourth-order valence-corrected chi connectivity index (χ4v) is 3.68. The van der Waals surface area contributed by atoms with Crippen LogP contribution in [0.25, 0.3) is 0 Å². The molecule has 1 aromatic heterocycles. The SMILES string of the molecule is CC1Cc2ccccc2N1C(=O)c1cnc(NCCCc2ccccc2)nc1. The van der Waals surface area contributed by atoms with E-state index in [0.29, 0.717) is 11.5 Å². The second-order valence-electron chi connectivity index (χ2n) is 7.17. The smallest absolute Gasteiger partial charge is 0.261 e. The third-order valence-corrected chi connectivity index (χ3v) is 5.09.